The highest BCUT2D eigenvalue weighted by atomic mass is 16.4. The number of nitrogens with zero attached hydrogens (tertiary/aromatic N) is 1. The van der Waals surface area contributed by atoms with Crippen molar-refractivity contribution >= 4 is 17.4 Å². The van der Waals surface area contributed by atoms with Crippen LogP contribution >= 0.6 is 0 Å². The fourth-order valence-electron chi connectivity index (χ4n) is 3.35. The van der Waals surface area contributed by atoms with E-state index in [1.165, 1.54) is 11.1 Å². The van der Waals surface area contributed by atoms with Crippen molar-refractivity contribution in [1.29, 1.82) is 0 Å². The molecule has 0 radical (unpaired) electrons. The predicted molar refractivity (Wildman–Crippen MR) is 93.6 cm³/mol. The van der Waals surface area contributed by atoms with E-state index in [4.69, 9.17) is 0 Å². The molecule has 0 fully saturated rings. The number of fused-ring (bicyclic) bond motifs is 2. The van der Waals surface area contributed by atoms with Crippen LogP contribution in [-0.2, 0) is 16.0 Å². The summed E-state index contributed by atoms with van der Waals surface area (Å²) in [6, 6.07) is 6.57. The molecule has 1 atom stereocenters. The van der Waals surface area contributed by atoms with Crippen molar-refractivity contribution in [2.24, 2.45) is 0 Å². The van der Waals surface area contributed by atoms with E-state index in [1.54, 1.807) is 0 Å². The number of aliphatic hydroxyl groups excluding tert-OH is 1. The quantitative estimate of drug-likeness (QED) is 0.779. The molecule has 0 spiro atoms. The first-order valence-electron chi connectivity index (χ1n) is 8.57. The lowest BCUT2D eigenvalue weighted by Crippen LogP contribution is -2.50. The number of nitrogens with one attached hydrogen (secondary N) is 1. The zero-order valence-corrected chi connectivity index (χ0v) is 14.2. The second-order valence-electron chi connectivity index (χ2n) is 6.27. The molecule has 1 unspecified atom stereocenters. The monoisotopic (exact) mass is 342 g/mol. The molecule has 1 aromatic rings. The highest BCUT2D eigenvalue weighted by molar-refractivity contribution is 6.07. The van der Waals surface area contributed by atoms with E-state index in [9.17, 15) is 19.8 Å². The summed E-state index contributed by atoms with van der Waals surface area (Å²) in [5, 5.41) is 21.6. The summed E-state index contributed by atoms with van der Waals surface area (Å²) in [7, 11) is 0. The second-order valence-corrected chi connectivity index (χ2v) is 6.27. The Labute approximate surface area is 146 Å². The molecule has 1 aromatic carbocycles. The molecule has 1 heterocycles. The first-order valence-corrected chi connectivity index (χ1v) is 8.57. The third-order valence-electron chi connectivity index (χ3n) is 4.51. The summed E-state index contributed by atoms with van der Waals surface area (Å²) in [6.07, 6.45) is 3.79. The van der Waals surface area contributed by atoms with Crippen molar-refractivity contribution in [2.75, 3.05) is 6.54 Å². The number of allylic oxidation sites excluding steroid dienone is 1. The van der Waals surface area contributed by atoms with E-state index in [1.807, 2.05) is 31.2 Å². The molecule has 6 nitrogen and oxygen atoms in total. The van der Waals surface area contributed by atoms with Gasteiger partial charge in [0.2, 0.25) is 0 Å². The van der Waals surface area contributed by atoms with Gasteiger partial charge < -0.3 is 10.2 Å². The van der Waals surface area contributed by atoms with Crippen LogP contribution in [0.15, 0.2) is 41.7 Å². The molecule has 0 bridgehead atoms. The summed E-state index contributed by atoms with van der Waals surface area (Å²) in [5.74, 6) is -1.50. The molecule has 1 aliphatic carbocycles. The van der Waals surface area contributed by atoms with Crippen LogP contribution in [-0.4, -0.2) is 39.6 Å². The van der Waals surface area contributed by atoms with E-state index in [-0.39, 0.29) is 17.1 Å². The summed E-state index contributed by atoms with van der Waals surface area (Å²) >= 11 is 0. The lowest BCUT2D eigenvalue weighted by atomic mass is 9.87. The number of ketones is 1. The number of rotatable bonds is 4. The highest BCUT2D eigenvalue weighted by Crippen LogP contribution is 2.36. The van der Waals surface area contributed by atoms with Gasteiger partial charge in [-0.05, 0) is 30.9 Å². The number of aliphatic carboxylic acids is 1. The number of benzene rings is 1. The standard InChI is InChI=1S/C19H22N2O4/c1-2-10-20-21-14(19(24)25)11-16(23)17-15(22)9-5-7-12-6-3-4-8-13(12)18(17)21/h3-4,6,8,11,14,20,23H,2,5,7,9-10H2,1H3,(H,24,25). The number of aliphatic hydroxyl groups is 1. The number of carbonyl (C=O) groups is 2. The number of carboxylic acids is 1. The number of hydrogen-bond acceptors (Lipinski definition) is 5. The van der Waals surface area contributed by atoms with Crippen LogP contribution in [0.2, 0.25) is 0 Å². The molecule has 132 valence electrons. The van der Waals surface area contributed by atoms with Gasteiger partial charge in [-0.2, -0.15) is 0 Å². The van der Waals surface area contributed by atoms with Gasteiger partial charge in [-0.3, -0.25) is 9.80 Å². The van der Waals surface area contributed by atoms with E-state index in [2.05, 4.69) is 5.43 Å². The zero-order valence-electron chi connectivity index (χ0n) is 14.2. The SMILES string of the molecule is CCCNN1C2=C(C(=O)CCCc3ccccc32)C(O)=CC1C(=O)O. The summed E-state index contributed by atoms with van der Waals surface area (Å²) in [4.78, 5) is 24.4. The molecule has 3 rings (SSSR count). The Bertz CT molecular complexity index is 766. The number of carbonyl (C=O) groups excluding carboxylic acids is 1. The third-order valence-corrected chi connectivity index (χ3v) is 4.51. The Morgan fingerprint density at radius 2 is 2.08 bits per heavy atom. The Kier molecular flexibility index (Phi) is 4.90. The summed E-state index contributed by atoms with van der Waals surface area (Å²) in [6.45, 7) is 2.54. The van der Waals surface area contributed by atoms with Gasteiger partial charge in [0.05, 0.1) is 11.3 Å². The molecule has 0 saturated heterocycles. The highest BCUT2D eigenvalue weighted by Gasteiger charge is 2.37. The Morgan fingerprint density at radius 3 is 2.80 bits per heavy atom. The van der Waals surface area contributed by atoms with E-state index in [0.29, 0.717) is 25.1 Å². The maximum Gasteiger partial charge on any atom is 0.332 e. The topological polar surface area (TPSA) is 89.9 Å². The largest absolute Gasteiger partial charge is 0.507 e. The lowest BCUT2D eigenvalue weighted by Gasteiger charge is -2.37. The number of carboxylic acid groups (broad SMARTS) is 1. The fourth-order valence-corrected chi connectivity index (χ4v) is 3.35. The Balaban J connectivity index is 2.24. The molecule has 1 aliphatic heterocycles. The van der Waals surface area contributed by atoms with Crippen LogP contribution in [0, 0.1) is 0 Å². The molecular formula is C19H22N2O4. The van der Waals surface area contributed by atoms with Crippen LogP contribution in [0.3, 0.4) is 0 Å². The number of hydrazine groups is 1. The van der Waals surface area contributed by atoms with E-state index >= 15 is 0 Å². The molecule has 0 aromatic heterocycles. The average Bonchev–Trinajstić information content (AvgIpc) is 2.58. The van der Waals surface area contributed by atoms with Gasteiger partial charge in [0.15, 0.2) is 11.8 Å². The maximum atomic E-state index is 12.7. The molecule has 0 saturated carbocycles. The Hall–Kier alpha value is -2.60. The van der Waals surface area contributed by atoms with Gasteiger partial charge in [-0.1, -0.05) is 31.2 Å². The van der Waals surface area contributed by atoms with Crippen molar-refractivity contribution in [1.82, 2.24) is 10.4 Å². The lowest BCUT2D eigenvalue weighted by molar-refractivity contribution is -0.141. The zero-order chi connectivity index (χ0) is 18.0. The molecule has 0 amide bonds. The van der Waals surface area contributed by atoms with Crippen LogP contribution in [0.4, 0.5) is 0 Å². The molecule has 2 aliphatic rings. The summed E-state index contributed by atoms with van der Waals surface area (Å²) in [5.41, 5.74) is 5.62. The smallest absolute Gasteiger partial charge is 0.332 e. The van der Waals surface area contributed by atoms with Crippen molar-refractivity contribution in [3.8, 4) is 0 Å². The van der Waals surface area contributed by atoms with Gasteiger partial charge in [0.1, 0.15) is 5.76 Å². The average molecular weight is 342 g/mol. The van der Waals surface area contributed by atoms with Gasteiger partial charge >= 0.3 is 5.97 Å². The fraction of sp³-hybridized carbons (Fsp3) is 0.368. The van der Waals surface area contributed by atoms with Crippen molar-refractivity contribution in [3.63, 3.8) is 0 Å². The molecule has 6 heteroatoms. The summed E-state index contributed by atoms with van der Waals surface area (Å²) < 4.78 is 0. The van der Waals surface area contributed by atoms with Gasteiger partial charge in [-0.25, -0.2) is 10.2 Å². The second kappa shape index (κ2) is 7.11. The first-order chi connectivity index (χ1) is 12.0. The maximum absolute atomic E-state index is 12.7. The van der Waals surface area contributed by atoms with Crippen LogP contribution in [0.1, 0.15) is 37.3 Å². The minimum atomic E-state index is -1.09. The minimum absolute atomic E-state index is 0.162. The first kappa shape index (κ1) is 17.2. The van der Waals surface area contributed by atoms with Crippen molar-refractivity contribution in [2.45, 2.75) is 38.6 Å². The predicted octanol–water partition coefficient (Wildman–Crippen LogP) is 2.43. The normalized spacial score (nSPS) is 20.4. The third kappa shape index (κ3) is 3.17. The van der Waals surface area contributed by atoms with E-state index < -0.39 is 12.0 Å². The van der Waals surface area contributed by atoms with Crippen LogP contribution < -0.4 is 5.43 Å². The molecule has 3 N–H and O–H groups in total. The van der Waals surface area contributed by atoms with Crippen molar-refractivity contribution in [3.05, 3.63) is 52.8 Å². The van der Waals surface area contributed by atoms with Crippen molar-refractivity contribution < 1.29 is 19.8 Å². The van der Waals surface area contributed by atoms with Gasteiger partial charge in [0.25, 0.3) is 0 Å². The molecular weight excluding hydrogens is 320 g/mol. The van der Waals surface area contributed by atoms with Crippen LogP contribution in [0.25, 0.3) is 5.70 Å². The number of Topliss-reactive ketones (excluding diaryl/α,β-unsaturated/α-hetero) is 1. The van der Waals surface area contributed by atoms with Crippen LogP contribution in [0.5, 0.6) is 0 Å². The number of hydrogen-bond donors (Lipinski definition) is 3. The van der Waals surface area contributed by atoms with Gasteiger partial charge in [-0.15, -0.1) is 0 Å². The Morgan fingerprint density at radius 1 is 1.32 bits per heavy atom. The minimum Gasteiger partial charge on any atom is -0.507 e. The molecule has 25 heavy (non-hydrogen) atoms. The van der Waals surface area contributed by atoms with Gasteiger partial charge in [0, 0.05) is 18.5 Å². The van der Waals surface area contributed by atoms with E-state index in [0.717, 1.165) is 24.0 Å². The number of aryl methyl sites for hydroxylation is 1.